The zero-order valence-corrected chi connectivity index (χ0v) is 5.48. The van der Waals surface area contributed by atoms with E-state index in [-0.39, 0.29) is 5.78 Å². The van der Waals surface area contributed by atoms with Crippen molar-refractivity contribution < 1.29 is 4.79 Å². The monoisotopic (exact) mass is 112 g/mol. The summed E-state index contributed by atoms with van der Waals surface area (Å²) >= 11 is 0. The Hall–Kier alpha value is -0.590. The van der Waals surface area contributed by atoms with Crippen molar-refractivity contribution in [1.29, 1.82) is 0 Å². The van der Waals surface area contributed by atoms with E-state index in [1.807, 2.05) is 13.8 Å². The van der Waals surface area contributed by atoms with Crippen LogP contribution in [0.1, 0.15) is 26.7 Å². The highest BCUT2D eigenvalue weighted by atomic mass is 16.1. The van der Waals surface area contributed by atoms with E-state index >= 15 is 0 Å². The van der Waals surface area contributed by atoms with E-state index in [2.05, 4.69) is 0 Å². The standard InChI is InChI=1S/C7H12O/c1-3-5-7(8)6-4-2/h3,5H,4,6H2,1-2H3/b5-3+. The number of ketones is 1. The first-order chi connectivity index (χ1) is 3.81. The van der Waals surface area contributed by atoms with Gasteiger partial charge in [-0.15, -0.1) is 0 Å². The molecule has 0 rings (SSSR count). The summed E-state index contributed by atoms with van der Waals surface area (Å²) in [6.07, 6.45) is 5.02. The molecule has 0 fully saturated rings. The van der Waals surface area contributed by atoms with Gasteiger partial charge in [0, 0.05) is 6.42 Å². The maximum absolute atomic E-state index is 10.6. The van der Waals surface area contributed by atoms with E-state index in [1.54, 1.807) is 12.2 Å². The van der Waals surface area contributed by atoms with Crippen LogP contribution in [-0.2, 0) is 4.79 Å². The second-order valence-electron chi connectivity index (χ2n) is 1.72. The molecule has 0 aromatic rings. The van der Waals surface area contributed by atoms with Gasteiger partial charge in [-0.05, 0) is 19.4 Å². The smallest absolute Gasteiger partial charge is 0.155 e. The minimum absolute atomic E-state index is 0.231. The third-order valence-corrected chi connectivity index (χ3v) is 0.849. The highest BCUT2D eigenvalue weighted by molar-refractivity contribution is 5.89. The Morgan fingerprint density at radius 3 is 2.62 bits per heavy atom. The summed E-state index contributed by atoms with van der Waals surface area (Å²) in [6, 6.07) is 0. The van der Waals surface area contributed by atoms with Crippen LogP contribution in [0.5, 0.6) is 0 Å². The largest absolute Gasteiger partial charge is 0.295 e. The van der Waals surface area contributed by atoms with Crippen LogP contribution in [0.2, 0.25) is 0 Å². The first-order valence-electron chi connectivity index (χ1n) is 2.96. The maximum Gasteiger partial charge on any atom is 0.155 e. The van der Waals surface area contributed by atoms with E-state index in [1.165, 1.54) is 0 Å². The number of allylic oxidation sites excluding steroid dienone is 2. The zero-order valence-electron chi connectivity index (χ0n) is 5.48. The van der Waals surface area contributed by atoms with Gasteiger partial charge in [0.2, 0.25) is 0 Å². The molecule has 0 saturated heterocycles. The number of carbonyl (C=O) groups excluding carboxylic acids is 1. The SMILES string of the molecule is C/C=C/C(=O)CCC. The number of hydrogen-bond donors (Lipinski definition) is 0. The van der Waals surface area contributed by atoms with Crippen molar-refractivity contribution in [2.24, 2.45) is 0 Å². The quantitative estimate of drug-likeness (QED) is 0.510. The molecule has 0 aromatic heterocycles. The molecular weight excluding hydrogens is 100 g/mol. The molecule has 1 heteroatoms. The van der Waals surface area contributed by atoms with Crippen LogP contribution in [0.15, 0.2) is 12.2 Å². The van der Waals surface area contributed by atoms with Crippen molar-refractivity contribution in [1.82, 2.24) is 0 Å². The number of carbonyl (C=O) groups is 1. The fourth-order valence-corrected chi connectivity index (χ4v) is 0.516. The fourth-order valence-electron chi connectivity index (χ4n) is 0.516. The summed E-state index contributed by atoms with van der Waals surface area (Å²) in [5.74, 6) is 0.231. The number of hydrogen-bond acceptors (Lipinski definition) is 1. The second-order valence-corrected chi connectivity index (χ2v) is 1.72. The van der Waals surface area contributed by atoms with E-state index in [9.17, 15) is 4.79 Å². The highest BCUT2D eigenvalue weighted by Gasteiger charge is 1.89. The maximum atomic E-state index is 10.6. The van der Waals surface area contributed by atoms with Crippen molar-refractivity contribution in [3.05, 3.63) is 12.2 Å². The Balaban J connectivity index is 3.33. The molecule has 0 spiro atoms. The Morgan fingerprint density at radius 2 is 2.25 bits per heavy atom. The zero-order chi connectivity index (χ0) is 6.41. The van der Waals surface area contributed by atoms with Crippen molar-refractivity contribution in [3.63, 3.8) is 0 Å². The highest BCUT2D eigenvalue weighted by Crippen LogP contribution is 1.89. The molecule has 8 heavy (non-hydrogen) atoms. The van der Waals surface area contributed by atoms with Crippen LogP contribution in [0.25, 0.3) is 0 Å². The van der Waals surface area contributed by atoms with Gasteiger partial charge in [-0.2, -0.15) is 0 Å². The van der Waals surface area contributed by atoms with E-state index < -0.39 is 0 Å². The van der Waals surface area contributed by atoms with Crippen LogP contribution >= 0.6 is 0 Å². The first-order valence-corrected chi connectivity index (χ1v) is 2.96. The van der Waals surface area contributed by atoms with Crippen LogP contribution in [0.4, 0.5) is 0 Å². The summed E-state index contributed by atoms with van der Waals surface area (Å²) < 4.78 is 0. The van der Waals surface area contributed by atoms with Gasteiger partial charge in [0.25, 0.3) is 0 Å². The lowest BCUT2D eigenvalue weighted by Gasteiger charge is -1.84. The summed E-state index contributed by atoms with van der Waals surface area (Å²) in [4.78, 5) is 10.6. The molecule has 0 aliphatic rings. The third kappa shape index (κ3) is 3.59. The van der Waals surface area contributed by atoms with Crippen LogP contribution in [0, 0.1) is 0 Å². The molecule has 46 valence electrons. The Labute approximate surface area is 50.4 Å². The molecule has 0 aliphatic heterocycles. The van der Waals surface area contributed by atoms with Gasteiger partial charge in [-0.3, -0.25) is 4.79 Å². The van der Waals surface area contributed by atoms with Gasteiger partial charge in [0.1, 0.15) is 0 Å². The van der Waals surface area contributed by atoms with Crippen LogP contribution in [-0.4, -0.2) is 5.78 Å². The number of rotatable bonds is 3. The van der Waals surface area contributed by atoms with Gasteiger partial charge < -0.3 is 0 Å². The molecule has 0 N–H and O–H groups in total. The average molecular weight is 112 g/mol. The molecule has 0 aliphatic carbocycles. The van der Waals surface area contributed by atoms with Crippen LogP contribution in [0.3, 0.4) is 0 Å². The molecule has 0 atom stereocenters. The third-order valence-electron chi connectivity index (χ3n) is 0.849. The fraction of sp³-hybridized carbons (Fsp3) is 0.571. The Bertz CT molecular complexity index is 92.6. The Kier molecular flexibility index (Phi) is 4.23. The lowest BCUT2D eigenvalue weighted by atomic mass is 10.2. The van der Waals surface area contributed by atoms with Crippen molar-refractivity contribution >= 4 is 5.78 Å². The lowest BCUT2D eigenvalue weighted by molar-refractivity contribution is -0.114. The topological polar surface area (TPSA) is 17.1 Å². The minimum Gasteiger partial charge on any atom is -0.295 e. The predicted molar refractivity (Wildman–Crippen MR) is 34.7 cm³/mol. The van der Waals surface area contributed by atoms with Gasteiger partial charge in [-0.25, -0.2) is 0 Å². The predicted octanol–water partition coefficient (Wildman–Crippen LogP) is 1.93. The van der Waals surface area contributed by atoms with Crippen molar-refractivity contribution in [3.8, 4) is 0 Å². The molecule has 0 radical (unpaired) electrons. The molecule has 0 saturated carbocycles. The molecule has 0 heterocycles. The summed E-state index contributed by atoms with van der Waals surface area (Å²) in [7, 11) is 0. The van der Waals surface area contributed by atoms with E-state index in [0.29, 0.717) is 6.42 Å². The Morgan fingerprint density at radius 1 is 1.62 bits per heavy atom. The summed E-state index contributed by atoms with van der Waals surface area (Å²) in [5, 5.41) is 0. The summed E-state index contributed by atoms with van der Waals surface area (Å²) in [5.41, 5.74) is 0. The molecular formula is C7H12O. The summed E-state index contributed by atoms with van der Waals surface area (Å²) in [6.45, 7) is 3.86. The van der Waals surface area contributed by atoms with Crippen molar-refractivity contribution in [2.45, 2.75) is 26.7 Å². The molecule has 0 unspecified atom stereocenters. The molecule has 0 amide bonds. The van der Waals surface area contributed by atoms with E-state index in [0.717, 1.165) is 6.42 Å². The van der Waals surface area contributed by atoms with E-state index in [4.69, 9.17) is 0 Å². The van der Waals surface area contributed by atoms with Gasteiger partial charge >= 0.3 is 0 Å². The minimum atomic E-state index is 0.231. The van der Waals surface area contributed by atoms with Crippen molar-refractivity contribution in [2.75, 3.05) is 0 Å². The van der Waals surface area contributed by atoms with Gasteiger partial charge in [-0.1, -0.05) is 13.0 Å². The lowest BCUT2D eigenvalue weighted by Crippen LogP contribution is -1.88. The van der Waals surface area contributed by atoms with Crippen LogP contribution < -0.4 is 0 Å². The molecule has 0 aromatic carbocycles. The normalized spacial score (nSPS) is 10.2. The molecule has 1 nitrogen and oxygen atoms in total. The second kappa shape index (κ2) is 4.57. The molecule has 0 bridgehead atoms. The van der Waals surface area contributed by atoms with Gasteiger partial charge in [0.05, 0.1) is 0 Å². The first kappa shape index (κ1) is 7.41. The van der Waals surface area contributed by atoms with Gasteiger partial charge in [0.15, 0.2) is 5.78 Å². The average Bonchev–Trinajstić information content (AvgIpc) is 1.68.